The summed E-state index contributed by atoms with van der Waals surface area (Å²) < 4.78 is 0. The SMILES string of the molecule is O=C(O)N1CCC(Nc2c(Cl)cccc2[N+](=O)[O-])CC1. The average molecular weight is 300 g/mol. The van der Waals surface area contributed by atoms with Crippen LogP contribution in [0.3, 0.4) is 0 Å². The normalized spacial score (nSPS) is 15.9. The number of hydrogen-bond donors (Lipinski definition) is 2. The number of nitrogens with zero attached hydrogens (tertiary/aromatic N) is 2. The minimum absolute atomic E-state index is 0.0239. The van der Waals surface area contributed by atoms with Crippen molar-refractivity contribution in [2.75, 3.05) is 18.4 Å². The van der Waals surface area contributed by atoms with Gasteiger partial charge in [-0.3, -0.25) is 10.1 Å². The van der Waals surface area contributed by atoms with Crippen molar-refractivity contribution < 1.29 is 14.8 Å². The van der Waals surface area contributed by atoms with E-state index in [9.17, 15) is 14.9 Å². The van der Waals surface area contributed by atoms with E-state index >= 15 is 0 Å². The van der Waals surface area contributed by atoms with Gasteiger partial charge >= 0.3 is 6.09 Å². The molecular formula is C12H14ClN3O4. The Balaban J connectivity index is 2.08. The second-order valence-electron chi connectivity index (χ2n) is 4.58. The monoisotopic (exact) mass is 299 g/mol. The number of amides is 1. The molecule has 0 spiro atoms. The molecule has 2 N–H and O–H groups in total. The second-order valence-corrected chi connectivity index (χ2v) is 4.99. The maximum absolute atomic E-state index is 11.0. The fourth-order valence-corrected chi connectivity index (χ4v) is 2.45. The Hall–Kier alpha value is -2.02. The first-order chi connectivity index (χ1) is 9.49. The summed E-state index contributed by atoms with van der Waals surface area (Å²) in [4.78, 5) is 22.6. The number of nitrogens with one attached hydrogen (secondary N) is 1. The molecule has 0 radical (unpaired) electrons. The number of rotatable bonds is 3. The summed E-state index contributed by atoms with van der Waals surface area (Å²) in [7, 11) is 0. The van der Waals surface area contributed by atoms with Gasteiger partial charge in [-0.05, 0) is 18.9 Å². The van der Waals surface area contributed by atoms with Gasteiger partial charge in [0.05, 0.1) is 9.95 Å². The molecule has 0 aromatic heterocycles. The highest BCUT2D eigenvalue weighted by Gasteiger charge is 2.25. The summed E-state index contributed by atoms with van der Waals surface area (Å²) in [6, 6.07) is 4.48. The minimum Gasteiger partial charge on any atom is -0.465 e. The average Bonchev–Trinajstić information content (AvgIpc) is 2.41. The molecule has 0 aliphatic carbocycles. The van der Waals surface area contributed by atoms with Crippen LogP contribution in [-0.4, -0.2) is 40.2 Å². The van der Waals surface area contributed by atoms with Gasteiger partial charge in [0.15, 0.2) is 0 Å². The molecule has 1 aromatic carbocycles. The van der Waals surface area contributed by atoms with Gasteiger partial charge in [0, 0.05) is 25.2 Å². The van der Waals surface area contributed by atoms with Crippen LogP contribution in [0, 0.1) is 10.1 Å². The van der Waals surface area contributed by atoms with Gasteiger partial charge in [-0.2, -0.15) is 0 Å². The third-order valence-electron chi connectivity index (χ3n) is 3.30. The molecule has 1 amide bonds. The van der Waals surface area contributed by atoms with Crippen LogP contribution in [0.4, 0.5) is 16.2 Å². The number of carbonyl (C=O) groups is 1. The first-order valence-electron chi connectivity index (χ1n) is 6.16. The maximum atomic E-state index is 11.0. The molecule has 1 aliphatic rings. The number of piperidine rings is 1. The third kappa shape index (κ3) is 3.11. The third-order valence-corrected chi connectivity index (χ3v) is 3.62. The number of carboxylic acid groups (broad SMARTS) is 1. The Morgan fingerprint density at radius 1 is 1.45 bits per heavy atom. The Morgan fingerprint density at radius 2 is 2.10 bits per heavy atom. The Bertz CT molecular complexity index is 529. The highest BCUT2D eigenvalue weighted by atomic mass is 35.5. The van der Waals surface area contributed by atoms with Crippen molar-refractivity contribution in [3.05, 3.63) is 33.3 Å². The van der Waals surface area contributed by atoms with E-state index in [-0.39, 0.29) is 11.7 Å². The van der Waals surface area contributed by atoms with Crippen LogP contribution in [-0.2, 0) is 0 Å². The van der Waals surface area contributed by atoms with Crippen molar-refractivity contribution in [3.8, 4) is 0 Å². The highest BCUT2D eigenvalue weighted by Crippen LogP contribution is 2.33. The molecular weight excluding hydrogens is 286 g/mol. The molecule has 8 heteroatoms. The Kier molecular flexibility index (Phi) is 4.29. The summed E-state index contributed by atoms with van der Waals surface area (Å²) in [6.07, 6.45) is 0.246. The van der Waals surface area contributed by atoms with Crippen molar-refractivity contribution in [2.45, 2.75) is 18.9 Å². The van der Waals surface area contributed by atoms with Gasteiger partial charge in [-0.15, -0.1) is 0 Å². The van der Waals surface area contributed by atoms with E-state index in [1.807, 2.05) is 0 Å². The van der Waals surface area contributed by atoms with E-state index in [4.69, 9.17) is 16.7 Å². The lowest BCUT2D eigenvalue weighted by Gasteiger charge is -2.31. The van der Waals surface area contributed by atoms with Crippen molar-refractivity contribution in [3.63, 3.8) is 0 Å². The lowest BCUT2D eigenvalue weighted by Crippen LogP contribution is -2.41. The summed E-state index contributed by atoms with van der Waals surface area (Å²) in [5, 5.41) is 23.2. The van der Waals surface area contributed by atoms with Gasteiger partial charge in [0.2, 0.25) is 0 Å². The topological polar surface area (TPSA) is 95.7 Å². The van der Waals surface area contributed by atoms with Gasteiger partial charge in [-0.25, -0.2) is 4.79 Å². The van der Waals surface area contributed by atoms with Gasteiger partial charge in [-0.1, -0.05) is 17.7 Å². The predicted octanol–water partition coefficient (Wildman–Crippen LogP) is 2.80. The van der Waals surface area contributed by atoms with E-state index in [2.05, 4.69) is 5.32 Å². The summed E-state index contributed by atoms with van der Waals surface area (Å²) in [5.41, 5.74) is 0.228. The van der Waals surface area contributed by atoms with E-state index < -0.39 is 11.0 Å². The number of nitro groups is 1. The molecule has 1 aliphatic heterocycles. The number of nitro benzene ring substituents is 1. The zero-order valence-electron chi connectivity index (χ0n) is 10.6. The lowest BCUT2D eigenvalue weighted by molar-refractivity contribution is -0.384. The number of anilines is 1. The Labute approximate surface area is 120 Å². The second kappa shape index (κ2) is 5.96. The van der Waals surface area contributed by atoms with Crippen LogP contribution < -0.4 is 5.32 Å². The standard InChI is InChI=1S/C12H14ClN3O4/c13-9-2-1-3-10(16(19)20)11(9)14-8-4-6-15(7-5-8)12(17)18/h1-3,8,14H,4-7H2,(H,17,18). The number of benzene rings is 1. The van der Waals surface area contributed by atoms with Crippen LogP contribution >= 0.6 is 11.6 Å². The smallest absolute Gasteiger partial charge is 0.407 e. The zero-order chi connectivity index (χ0) is 14.7. The maximum Gasteiger partial charge on any atom is 0.407 e. The summed E-state index contributed by atoms with van der Waals surface area (Å²) >= 11 is 6.00. The van der Waals surface area contributed by atoms with Crippen LogP contribution in [0.25, 0.3) is 0 Å². The number of halogens is 1. The summed E-state index contributed by atoms with van der Waals surface area (Å²) in [5.74, 6) is 0. The van der Waals surface area contributed by atoms with Crippen molar-refractivity contribution in [1.82, 2.24) is 4.90 Å². The minimum atomic E-state index is -0.938. The Morgan fingerprint density at radius 3 is 2.65 bits per heavy atom. The van der Waals surface area contributed by atoms with E-state index in [0.717, 1.165) is 0 Å². The molecule has 0 unspecified atom stereocenters. The van der Waals surface area contributed by atoms with Gasteiger partial charge in [0.1, 0.15) is 5.69 Å². The first kappa shape index (κ1) is 14.4. The van der Waals surface area contributed by atoms with Crippen LogP contribution in [0.1, 0.15) is 12.8 Å². The molecule has 20 heavy (non-hydrogen) atoms. The fourth-order valence-electron chi connectivity index (χ4n) is 2.23. The fraction of sp³-hybridized carbons (Fsp3) is 0.417. The molecule has 1 heterocycles. The number of para-hydroxylation sites is 1. The van der Waals surface area contributed by atoms with Crippen molar-refractivity contribution in [2.24, 2.45) is 0 Å². The molecule has 0 saturated carbocycles. The quantitative estimate of drug-likeness (QED) is 0.661. The number of likely N-dealkylation sites (tertiary alicyclic amines) is 1. The molecule has 108 valence electrons. The lowest BCUT2D eigenvalue weighted by atomic mass is 10.0. The van der Waals surface area contributed by atoms with Crippen LogP contribution in [0.2, 0.25) is 5.02 Å². The van der Waals surface area contributed by atoms with Gasteiger partial charge < -0.3 is 15.3 Å². The largest absolute Gasteiger partial charge is 0.465 e. The predicted molar refractivity (Wildman–Crippen MR) is 74.3 cm³/mol. The van der Waals surface area contributed by atoms with Crippen molar-refractivity contribution >= 4 is 29.1 Å². The van der Waals surface area contributed by atoms with Crippen LogP contribution in [0.15, 0.2) is 18.2 Å². The number of hydrogen-bond acceptors (Lipinski definition) is 4. The molecule has 1 saturated heterocycles. The molecule has 1 fully saturated rings. The van der Waals surface area contributed by atoms with E-state index in [0.29, 0.717) is 36.6 Å². The van der Waals surface area contributed by atoms with Gasteiger partial charge in [0.25, 0.3) is 5.69 Å². The molecule has 0 atom stereocenters. The molecule has 7 nitrogen and oxygen atoms in total. The molecule has 1 aromatic rings. The van der Waals surface area contributed by atoms with Crippen LogP contribution in [0.5, 0.6) is 0 Å². The molecule has 0 bridgehead atoms. The summed E-state index contributed by atoms with van der Waals surface area (Å²) in [6.45, 7) is 0.816. The highest BCUT2D eigenvalue weighted by molar-refractivity contribution is 6.33. The van der Waals surface area contributed by atoms with E-state index in [1.165, 1.54) is 17.0 Å². The molecule has 2 rings (SSSR count). The van der Waals surface area contributed by atoms with E-state index in [1.54, 1.807) is 6.07 Å². The zero-order valence-corrected chi connectivity index (χ0v) is 11.3. The first-order valence-corrected chi connectivity index (χ1v) is 6.54. The van der Waals surface area contributed by atoms with Crippen molar-refractivity contribution in [1.29, 1.82) is 0 Å².